The monoisotopic (exact) mass is 232 g/mol. The minimum absolute atomic E-state index is 0.295. The molecule has 1 rings (SSSR count). The Kier molecular flexibility index (Phi) is 3.10. The molecule has 15 heavy (non-hydrogen) atoms. The van der Waals surface area contributed by atoms with Crippen molar-refractivity contribution in [3.8, 4) is 0 Å². The van der Waals surface area contributed by atoms with Crippen LogP contribution in [-0.4, -0.2) is 24.5 Å². The van der Waals surface area contributed by atoms with Crippen LogP contribution in [0.15, 0.2) is 4.90 Å². The first-order valence-electron chi connectivity index (χ1n) is 4.27. The molecule has 84 valence electrons. The number of nitrogens with zero attached hydrogens (tertiary/aromatic N) is 1. The normalized spacial score (nSPS) is 11.6. The molecule has 1 aromatic rings. The van der Waals surface area contributed by atoms with Gasteiger partial charge in [-0.2, -0.15) is 5.10 Å². The van der Waals surface area contributed by atoms with Gasteiger partial charge < -0.3 is 5.73 Å². The fourth-order valence-corrected chi connectivity index (χ4v) is 2.17. The highest BCUT2D eigenvalue weighted by atomic mass is 32.2. The van der Waals surface area contributed by atoms with Crippen LogP contribution in [0.2, 0.25) is 0 Å². The molecule has 0 fully saturated rings. The first kappa shape index (κ1) is 11.7. The van der Waals surface area contributed by atoms with Gasteiger partial charge in [0.1, 0.15) is 4.90 Å². The van der Waals surface area contributed by atoms with Crippen LogP contribution in [0.5, 0.6) is 0 Å². The Balaban J connectivity index is 3.40. The van der Waals surface area contributed by atoms with E-state index in [0.29, 0.717) is 18.5 Å². The van der Waals surface area contributed by atoms with Crippen molar-refractivity contribution in [2.45, 2.75) is 24.7 Å². The second-order valence-corrected chi connectivity index (χ2v) is 4.54. The maximum absolute atomic E-state index is 11.2. The maximum Gasteiger partial charge on any atom is 0.270 e. The van der Waals surface area contributed by atoms with Crippen molar-refractivity contribution >= 4 is 15.9 Å². The molecule has 0 aromatic carbocycles. The van der Waals surface area contributed by atoms with Crippen molar-refractivity contribution < 1.29 is 13.2 Å². The molecule has 5 N–H and O–H groups in total. The first-order chi connectivity index (χ1) is 6.88. The van der Waals surface area contributed by atoms with E-state index in [0.717, 1.165) is 0 Å². The van der Waals surface area contributed by atoms with Crippen LogP contribution in [-0.2, 0) is 16.4 Å². The topological polar surface area (TPSA) is 132 Å². The quantitative estimate of drug-likeness (QED) is 0.621. The van der Waals surface area contributed by atoms with Gasteiger partial charge in [-0.25, -0.2) is 13.6 Å². The van der Waals surface area contributed by atoms with Crippen LogP contribution in [0.1, 0.15) is 29.5 Å². The Hall–Kier alpha value is -1.41. The number of sulfonamides is 1. The van der Waals surface area contributed by atoms with Gasteiger partial charge in [0, 0.05) is 0 Å². The number of amides is 1. The summed E-state index contributed by atoms with van der Waals surface area (Å²) in [6.07, 6.45) is 1.13. The summed E-state index contributed by atoms with van der Waals surface area (Å²) < 4.78 is 22.4. The second-order valence-electron chi connectivity index (χ2n) is 3.04. The third kappa shape index (κ3) is 2.34. The van der Waals surface area contributed by atoms with E-state index in [-0.39, 0.29) is 10.6 Å². The molecule has 0 atom stereocenters. The number of aromatic nitrogens is 2. The van der Waals surface area contributed by atoms with Crippen LogP contribution < -0.4 is 10.9 Å². The van der Waals surface area contributed by atoms with Gasteiger partial charge in [0.15, 0.2) is 5.69 Å². The predicted octanol–water partition coefficient (Wildman–Crippen LogP) is -0.891. The molecule has 0 aliphatic heterocycles. The van der Waals surface area contributed by atoms with Crippen LogP contribution in [0, 0.1) is 0 Å². The van der Waals surface area contributed by atoms with E-state index in [1.54, 1.807) is 0 Å². The largest absolute Gasteiger partial charge is 0.364 e. The Bertz CT molecular complexity index is 476. The molecule has 0 aliphatic carbocycles. The molecule has 0 unspecified atom stereocenters. The van der Waals surface area contributed by atoms with Crippen molar-refractivity contribution in [1.29, 1.82) is 0 Å². The van der Waals surface area contributed by atoms with E-state index in [2.05, 4.69) is 10.2 Å². The van der Waals surface area contributed by atoms with E-state index < -0.39 is 15.9 Å². The number of aromatic amines is 1. The highest BCUT2D eigenvalue weighted by molar-refractivity contribution is 7.89. The Morgan fingerprint density at radius 3 is 2.53 bits per heavy atom. The summed E-state index contributed by atoms with van der Waals surface area (Å²) in [5, 5.41) is 11.0. The molecule has 0 saturated carbocycles. The number of carbonyl (C=O) groups is 1. The predicted molar refractivity (Wildman–Crippen MR) is 52.5 cm³/mol. The number of hydrogen-bond donors (Lipinski definition) is 3. The number of primary amides is 1. The minimum Gasteiger partial charge on any atom is -0.364 e. The molecule has 0 spiro atoms. The first-order valence-corrected chi connectivity index (χ1v) is 5.82. The van der Waals surface area contributed by atoms with E-state index in [9.17, 15) is 13.2 Å². The van der Waals surface area contributed by atoms with Crippen molar-refractivity contribution in [3.05, 3.63) is 11.4 Å². The highest BCUT2D eigenvalue weighted by Crippen LogP contribution is 2.17. The highest BCUT2D eigenvalue weighted by Gasteiger charge is 2.25. The van der Waals surface area contributed by atoms with Gasteiger partial charge in [0.25, 0.3) is 5.91 Å². The van der Waals surface area contributed by atoms with E-state index in [4.69, 9.17) is 10.9 Å². The van der Waals surface area contributed by atoms with Gasteiger partial charge in [-0.05, 0) is 6.42 Å². The summed E-state index contributed by atoms with van der Waals surface area (Å²) in [7, 11) is -3.98. The molecule has 8 heteroatoms. The molecule has 0 bridgehead atoms. The standard InChI is InChI=1S/C7H12N4O3S/c1-2-3-4-6(15(9,13)14)5(7(8)12)11-10-4/h2-3H2,1H3,(H2,8,12)(H,10,11)(H2,9,13,14). The third-order valence-electron chi connectivity index (χ3n) is 1.81. The fraction of sp³-hybridized carbons (Fsp3) is 0.429. The van der Waals surface area contributed by atoms with Crippen molar-refractivity contribution in [2.24, 2.45) is 10.9 Å². The number of nitrogens with one attached hydrogen (secondary N) is 1. The molecule has 1 amide bonds. The van der Waals surface area contributed by atoms with Crippen LogP contribution >= 0.6 is 0 Å². The summed E-state index contributed by atoms with van der Waals surface area (Å²) in [6, 6.07) is 0. The summed E-state index contributed by atoms with van der Waals surface area (Å²) in [6.45, 7) is 1.86. The third-order valence-corrected chi connectivity index (χ3v) is 2.82. The zero-order valence-corrected chi connectivity index (χ0v) is 8.97. The van der Waals surface area contributed by atoms with Gasteiger partial charge in [-0.3, -0.25) is 9.89 Å². The second kappa shape index (κ2) is 3.99. The summed E-state index contributed by atoms with van der Waals surface area (Å²) >= 11 is 0. The number of H-pyrrole nitrogens is 1. The van der Waals surface area contributed by atoms with Crippen molar-refractivity contribution in [2.75, 3.05) is 0 Å². The number of aryl methyl sites for hydroxylation is 1. The number of hydrogen-bond acceptors (Lipinski definition) is 4. The van der Waals surface area contributed by atoms with E-state index in [1.807, 2.05) is 6.92 Å². The minimum atomic E-state index is -3.98. The lowest BCUT2D eigenvalue weighted by atomic mass is 10.2. The zero-order chi connectivity index (χ0) is 11.6. The zero-order valence-electron chi connectivity index (χ0n) is 8.15. The SMILES string of the molecule is CCCc1[nH]nc(C(N)=O)c1S(N)(=O)=O. The van der Waals surface area contributed by atoms with E-state index >= 15 is 0 Å². The lowest BCUT2D eigenvalue weighted by Crippen LogP contribution is -2.20. The number of carbonyl (C=O) groups excluding carboxylic acids is 1. The smallest absolute Gasteiger partial charge is 0.270 e. The van der Waals surface area contributed by atoms with Gasteiger partial charge in [-0.1, -0.05) is 13.3 Å². The molecular weight excluding hydrogens is 220 g/mol. The number of nitrogens with two attached hydrogens (primary N) is 2. The van der Waals surface area contributed by atoms with Crippen LogP contribution in [0.3, 0.4) is 0 Å². The van der Waals surface area contributed by atoms with Gasteiger partial charge in [0.05, 0.1) is 5.69 Å². The van der Waals surface area contributed by atoms with Crippen LogP contribution in [0.25, 0.3) is 0 Å². The van der Waals surface area contributed by atoms with Gasteiger partial charge >= 0.3 is 0 Å². The Morgan fingerprint density at radius 2 is 2.13 bits per heavy atom. The number of primary sulfonamides is 1. The summed E-state index contributed by atoms with van der Waals surface area (Å²) in [5.74, 6) is -0.919. The number of rotatable bonds is 4. The maximum atomic E-state index is 11.2. The lowest BCUT2D eigenvalue weighted by molar-refractivity contribution is 0.0992. The average Bonchev–Trinajstić information content (AvgIpc) is 2.47. The van der Waals surface area contributed by atoms with Crippen molar-refractivity contribution in [1.82, 2.24) is 10.2 Å². The molecule has 1 heterocycles. The molecular formula is C7H12N4O3S. The average molecular weight is 232 g/mol. The molecule has 7 nitrogen and oxygen atoms in total. The Labute approximate surface area is 86.9 Å². The van der Waals surface area contributed by atoms with Crippen LogP contribution in [0.4, 0.5) is 0 Å². The Morgan fingerprint density at radius 1 is 1.53 bits per heavy atom. The molecule has 1 aromatic heterocycles. The fourth-order valence-electron chi connectivity index (χ4n) is 1.26. The lowest BCUT2D eigenvalue weighted by Gasteiger charge is -1.99. The summed E-state index contributed by atoms with van der Waals surface area (Å²) in [5.41, 5.74) is 4.96. The van der Waals surface area contributed by atoms with Crippen molar-refractivity contribution in [3.63, 3.8) is 0 Å². The molecule has 0 saturated heterocycles. The van der Waals surface area contributed by atoms with E-state index in [1.165, 1.54) is 0 Å². The van der Waals surface area contributed by atoms with Gasteiger partial charge in [0.2, 0.25) is 10.0 Å². The molecule has 0 aliphatic rings. The molecule has 0 radical (unpaired) electrons. The van der Waals surface area contributed by atoms with Gasteiger partial charge in [-0.15, -0.1) is 0 Å². The summed E-state index contributed by atoms with van der Waals surface area (Å²) in [4.78, 5) is 10.6.